The molecule has 5 nitrogen and oxygen atoms in total. The van der Waals surface area contributed by atoms with E-state index in [1.807, 2.05) is 6.07 Å². The maximum absolute atomic E-state index is 11.2. The monoisotopic (exact) mass is 266 g/mol. The number of Topliss-reactive ketones (excluding diaryl/α,β-unsaturated/α-hetero) is 1. The van der Waals surface area contributed by atoms with E-state index in [0.717, 1.165) is 0 Å². The normalized spacial score (nSPS) is 9.33. The summed E-state index contributed by atoms with van der Waals surface area (Å²) in [6.07, 6.45) is 1.30. The number of hydrogen-bond acceptors (Lipinski definition) is 5. The van der Waals surface area contributed by atoms with E-state index in [4.69, 9.17) is 16.4 Å². The van der Waals surface area contributed by atoms with Crippen LogP contribution >= 0.6 is 15.9 Å². The largest absolute Gasteiger partial charge is 0.383 e. The minimum Gasteiger partial charge on any atom is -0.383 e. The van der Waals surface area contributed by atoms with Crippen LogP contribution in [-0.4, -0.2) is 21.8 Å². The predicted molar refractivity (Wildman–Crippen MR) is 59.0 cm³/mol. The highest BCUT2D eigenvalue weighted by atomic mass is 79.9. The number of nitriles is 1. The molecule has 1 heterocycles. The zero-order chi connectivity index (χ0) is 11.4. The van der Waals surface area contributed by atoms with E-state index in [1.165, 1.54) is 12.3 Å². The molecular weight excluding hydrogens is 260 g/mol. The zero-order valence-corrected chi connectivity index (χ0v) is 9.21. The molecule has 1 aromatic heterocycles. The summed E-state index contributed by atoms with van der Waals surface area (Å²) in [6.45, 7) is 0. The van der Waals surface area contributed by atoms with Gasteiger partial charge in [0.05, 0.1) is 10.9 Å². The lowest BCUT2D eigenvalue weighted by atomic mass is 10.1. The van der Waals surface area contributed by atoms with Crippen LogP contribution in [0, 0.1) is 16.7 Å². The molecule has 0 saturated carbocycles. The fourth-order valence-corrected chi connectivity index (χ4v) is 1.23. The molecule has 6 heteroatoms. The molecule has 0 unspecified atom stereocenters. The van der Waals surface area contributed by atoms with Gasteiger partial charge < -0.3 is 5.73 Å². The number of alkyl halides is 1. The summed E-state index contributed by atoms with van der Waals surface area (Å²) in [6, 6.07) is 3.25. The zero-order valence-electron chi connectivity index (χ0n) is 7.62. The van der Waals surface area contributed by atoms with E-state index < -0.39 is 5.78 Å². The van der Waals surface area contributed by atoms with Crippen LogP contribution in [0.25, 0.3) is 0 Å². The number of anilines is 1. The van der Waals surface area contributed by atoms with Gasteiger partial charge in [0.2, 0.25) is 0 Å². The van der Waals surface area contributed by atoms with Crippen LogP contribution < -0.4 is 5.73 Å². The van der Waals surface area contributed by atoms with Gasteiger partial charge in [-0.15, -0.1) is 0 Å². The second-order valence-electron chi connectivity index (χ2n) is 2.70. The number of carbonyl (C=O) groups excluding carboxylic acids is 1. The van der Waals surface area contributed by atoms with Gasteiger partial charge in [0, 0.05) is 11.8 Å². The first-order valence-electron chi connectivity index (χ1n) is 3.94. The molecule has 1 rings (SSSR count). The van der Waals surface area contributed by atoms with E-state index in [1.54, 1.807) is 0 Å². The molecule has 0 radical (unpaired) electrons. The fourth-order valence-electron chi connectivity index (χ4n) is 0.954. The molecule has 15 heavy (non-hydrogen) atoms. The Morgan fingerprint density at radius 2 is 2.40 bits per heavy atom. The molecular formula is C9H7BrN4O. The Morgan fingerprint density at radius 3 is 2.93 bits per heavy atom. The van der Waals surface area contributed by atoms with Gasteiger partial charge in [0.25, 0.3) is 0 Å². The number of nitrogens with zero attached hydrogens (tertiary/aromatic N) is 2. The quantitative estimate of drug-likeness (QED) is 0.626. The Labute approximate surface area is 94.6 Å². The minimum atomic E-state index is -0.404. The molecule has 76 valence electrons. The van der Waals surface area contributed by atoms with Crippen molar-refractivity contribution in [3.63, 3.8) is 0 Å². The number of ketones is 1. The average Bonchev–Trinajstić information content (AvgIpc) is 2.27. The lowest BCUT2D eigenvalue weighted by Gasteiger charge is -2.04. The highest BCUT2D eigenvalue weighted by Gasteiger charge is 2.14. The van der Waals surface area contributed by atoms with Crippen LogP contribution in [0.3, 0.4) is 0 Å². The van der Waals surface area contributed by atoms with E-state index in [9.17, 15) is 4.79 Å². The fraction of sp³-hybridized carbons (Fsp3) is 0.111. The number of nitrogens with one attached hydrogen (secondary N) is 1. The molecule has 0 spiro atoms. The topological polar surface area (TPSA) is 104 Å². The number of carbonyl (C=O) groups is 1. The minimum absolute atomic E-state index is 0.0437. The van der Waals surface area contributed by atoms with Crippen LogP contribution in [0.4, 0.5) is 5.82 Å². The van der Waals surface area contributed by atoms with Crippen LogP contribution in [0.5, 0.6) is 0 Å². The van der Waals surface area contributed by atoms with Crippen LogP contribution in [0.15, 0.2) is 12.3 Å². The first-order valence-corrected chi connectivity index (χ1v) is 5.06. The number of nitrogens with two attached hydrogens (primary N) is 1. The standard InChI is InChI=1S/C9H7BrN4O/c10-2-7(15)8(12)6-1-5(3-11)4-14-9(6)13/h1,4,12H,2H2,(H2,13,14). The molecule has 0 aliphatic rings. The molecule has 0 saturated heterocycles. The first-order chi connectivity index (χ1) is 7.10. The van der Waals surface area contributed by atoms with Crippen molar-refractivity contribution in [2.24, 2.45) is 0 Å². The molecule has 0 fully saturated rings. The second kappa shape index (κ2) is 4.66. The molecule has 0 amide bonds. The van der Waals surface area contributed by atoms with Crippen molar-refractivity contribution in [1.29, 1.82) is 10.7 Å². The van der Waals surface area contributed by atoms with Crippen molar-refractivity contribution in [3.05, 3.63) is 23.4 Å². The smallest absolute Gasteiger partial charge is 0.191 e. The van der Waals surface area contributed by atoms with E-state index >= 15 is 0 Å². The highest BCUT2D eigenvalue weighted by molar-refractivity contribution is 9.09. The molecule has 0 atom stereocenters. The van der Waals surface area contributed by atoms with Gasteiger partial charge in [0.1, 0.15) is 17.6 Å². The van der Waals surface area contributed by atoms with Gasteiger partial charge in [0.15, 0.2) is 5.78 Å². The summed E-state index contributed by atoms with van der Waals surface area (Å²) < 4.78 is 0. The van der Waals surface area contributed by atoms with Crippen molar-refractivity contribution < 1.29 is 4.79 Å². The third-order valence-electron chi connectivity index (χ3n) is 1.72. The number of halogens is 1. The van der Waals surface area contributed by atoms with E-state index in [2.05, 4.69) is 20.9 Å². The number of aromatic nitrogens is 1. The van der Waals surface area contributed by atoms with Crippen molar-refractivity contribution >= 4 is 33.2 Å². The lowest BCUT2D eigenvalue weighted by Crippen LogP contribution is -2.17. The Morgan fingerprint density at radius 1 is 1.73 bits per heavy atom. The van der Waals surface area contributed by atoms with Crippen molar-refractivity contribution in [2.45, 2.75) is 0 Å². The van der Waals surface area contributed by atoms with Gasteiger partial charge in [-0.3, -0.25) is 10.2 Å². The van der Waals surface area contributed by atoms with Crippen molar-refractivity contribution in [1.82, 2.24) is 4.98 Å². The maximum atomic E-state index is 11.2. The Bertz CT molecular complexity index is 464. The van der Waals surface area contributed by atoms with E-state index in [-0.39, 0.29) is 28.0 Å². The van der Waals surface area contributed by atoms with Gasteiger partial charge in [-0.1, -0.05) is 15.9 Å². The number of nitrogen functional groups attached to an aromatic ring is 1. The van der Waals surface area contributed by atoms with Crippen molar-refractivity contribution in [2.75, 3.05) is 11.1 Å². The summed E-state index contributed by atoms with van der Waals surface area (Å²) in [5.74, 6) is -0.327. The average molecular weight is 267 g/mol. The summed E-state index contributed by atoms with van der Waals surface area (Å²) in [4.78, 5) is 15.0. The Balaban J connectivity index is 3.19. The summed E-state index contributed by atoms with van der Waals surface area (Å²) in [5, 5.41) is 16.2. The van der Waals surface area contributed by atoms with Gasteiger partial charge in [-0.25, -0.2) is 4.98 Å². The number of rotatable bonds is 3. The van der Waals surface area contributed by atoms with Gasteiger partial charge in [-0.05, 0) is 6.07 Å². The van der Waals surface area contributed by atoms with Crippen LogP contribution in [0.2, 0.25) is 0 Å². The first kappa shape index (κ1) is 11.3. The lowest BCUT2D eigenvalue weighted by molar-refractivity contribution is -0.110. The predicted octanol–water partition coefficient (Wildman–Crippen LogP) is 0.867. The third kappa shape index (κ3) is 2.39. The van der Waals surface area contributed by atoms with Crippen LogP contribution in [-0.2, 0) is 4.79 Å². The number of hydrogen-bond donors (Lipinski definition) is 2. The Hall–Kier alpha value is -1.74. The Kier molecular flexibility index (Phi) is 3.52. The van der Waals surface area contributed by atoms with Gasteiger partial charge in [-0.2, -0.15) is 5.26 Å². The summed E-state index contributed by atoms with van der Waals surface area (Å²) in [7, 11) is 0. The third-order valence-corrected chi connectivity index (χ3v) is 2.23. The molecule has 0 aliphatic carbocycles. The molecule has 0 aromatic carbocycles. The number of pyridine rings is 1. The SMILES string of the molecule is N#Cc1cnc(N)c(C(=N)C(=O)CBr)c1. The van der Waals surface area contributed by atoms with Crippen LogP contribution in [0.1, 0.15) is 11.1 Å². The highest BCUT2D eigenvalue weighted by Crippen LogP contribution is 2.12. The molecule has 1 aromatic rings. The van der Waals surface area contributed by atoms with E-state index in [0.29, 0.717) is 0 Å². The summed E-state index contributed by atoms with van der Waals surface area (Å²) in [5.41, 5.74) is 5.73. The maximum Gasteiger partial charge on any atom is 0.191 e. The molecule has 0 bridgehead atoms. The molecule has 3 N–H and O–H groups in total. The summed E-state index contributed by atoms with van der Waals surface area (Å²) >= 11 is 2.96. The second-order valence-corrected chi connectivity index (χ2v) is 3.26. The van der Waals surface area contributed by atoms with Crippen molar-refractivity contribution in [3.8, 4) is 6.07 Å². The molecule has 0 aliphatic heterocycles. The van der Waals surface area contributed by atoms with Gasteiger partial charge >= 0.3 is 0 Å².